The Morgan fingerprint density at radius 3 is 2.33 bits per heavy atom. The zero-order valence-corrected chi connectivity index (χ0v) is 16.9. The SMILES string of the molecule is COc1ccc(OC)c(S(=O)(=O)N[C@H](c2ccc(C)cc2)c2cccs2)c1. The molecule has 27 heavy (non-hydrogen) atoms. The summed E-state index contributed by atoms with van der Waals surface area (Å²) < 4.78 is 39.6. The van der Waals surface area contributed by atoms with Gasteiger partial charge in [-0.1, -0.05) is 35.9 Å². The molecule has 1 aromatic heterocycles. The van der Waals surface area contributed by atoms with Crippen molar-refractivity contribution in [1.29, 1.82) is 0 Å². The molecule has 0 saturated carbocycles. The van der Waals surface area contributed by atoms with Crippen molar-refractivity contribution < 1.29 is 17.9 Å². The number of ether oxygens (including phenoxy) is 2. The van der Waals surface area contributed by atoms with Crippen molar-refractivity contribution in [3.8, 4) is 11.5 Å². The largest absolute Gasteiger partial charge is 0.497 e. The van der Waals surface area contributed by atoms with Crippen LogP contribution >= 0.6 is 11.3 Å². The van der Waals surface area contributed by atoms with Crippen LogP contribution in [0.2, 0.25) is 0 Å². The highest BCUT2D eigenvalue weighted by atomic mass is 32.2. The summed E-state index contributed by atoms with van der Waals surface area (Å²) in [5.41, 5.74) is 1.98. The van der Waals surface area contributed by atoms with Gasteiger partial charge in [0.2, 0.25) is 10.0 Å². The maximum atomic E-state index is 13.2. The van der Waals surface area contributed by atoms with Gasteiger partial charge in [-0.25, -0.2) is 8.42 Å². The van der Waals surface area contributed by atoms with Crippen LogP contribution in [0.1, 0.15) is 22.0 Å². The Morgan fingerprint density at radius 1 is 1.00 bits per heavy atom. The molecule has 0 fully saturated rings. The lowest BCUT2D eigenvalue weighted by atomic mass is 10.0. The molecule has 0 aliphatic carbocycles. The summed E-state index contributed by atoms with van der Waals surface area (Å²) in [4.78, 5) is 0.947. The van der Waals surface area contributed by atoms with E-state index >= 15 is 0 Å². The average Bonchev–Trinajstić information content (AvgIpc) is 3.21. The van der Waals surface area contributed by atoms with Crippen molar-refractivity contribution in [2.75, 3.05) is 14.2 Å². The number of nitrogens with one attached hydrogen (secondary N) is 1. The minimum absolute atomic E-state index is 0.0398. The van der Waals surface area contributed by atoms with Gasteiger partial charge in [-0.15, -0.1) is 11.3 Å². The standard InChI is InChI=1S/C20H21NO4S2/c1-14-6-8-15(9-7-14)20(18-5-4-12-26-18)21-27(22,23)19-13-16(24-2)10-11-17(19)25-3/h4-13,20-21H,1-3H3/t20-/m1/s1. The van der Waals surface area contributed by atoms with E-state index in [9.17, 15) is 8.42 Å². The molecule has 1 N–H and O–H groups in total. The van der Waals surface area contributed by atoms with Crippen LogP contribution in [0.25, 0.3) is 0 Å². The first-order chi connectivity index (χ1) is 12.9. The Bertz CT molecular complexity index is 997. The highest BCUT2D eigenvalue weighted by Crippen LogP contribution is 2.32. The van der Waals surface area contributed by atoms with Gasteiger partial charge in [-0.2, -0.15) is 4.72 Å². The minimum Gasteiger partial charge on any atom is -0.497 e. The molecule has 1 atom stereocenters. The van der Waals surface area contributed by atoms with Gasteiger partial charge in [0.25, 0.3) is 0 Å². The minimum atomic E-state index is -3.87. The summed E-state index contributed by atoms with van der Waals surface area (Å²) in [6.07, 6.45) is 0. The van der Waals surface area contributed by atoms with Gasteiger partial charge < -0.3 is 9.47 Å². The fourth-order valence-corrected chi connectivity index (χ4v) is 4.98. The number of methoxy groups -OCH3 is 2. The van der Waals surface area contributed by atoms with Crippen molar-refractivity contribution in [1.82, 2.24) is 4.72 Å². The topological polar surface area (TPSA) is 64.6 Å². The molecule has 142 valence electrons. The van der Waals surface area contributed by atoms with Crippen molar-refractivity contribution >= 4 is 21.4 Å². The van der Waals surface area contributed by atoms with Crippen LogP contribution in [-0.4, -0.2) is 22.6 Å². The molecule has 0 aliphatic heterocycles. The Morgan fingerprint density at radius 2 is 1.74 bits per heavy atom. The summed E-state index contributed by atoms with van der Waals surface area (Å²) in [5.74, 6) is 0.705. The number of rotatable bonds is 7. The van der Waals surface area contributed by atoms with E-state index in [2.05, 4.69) is 4.72 Å². The number of sulfonamides is 1. The molecule has 0 aliphatic rings. The monoisotopic (exact) mass is 403 g/mol. The summed E-state index contributed by atoms with van der Waals surface area (Å²) in [5, 5.41) is 1.93. The molecule has 0 radical (unpaired) electrons. The van der Waals surface area contributed by atoms with E-state index in [0.29, 0.717) is 5.75 Å². The lowest BCUT2D eigenvalue weighted by molar-refractivity contribution is 0.391. The maximum Gasteiger partial charge on any atom is 0.245 e. The van der Waals surface area contributed by atoms with E-state index < -0.39 is 16.1 Å². The zero-order valence-electron chi connectivity index (χ0n) is 15.3. The molecular weight excluding hydrogens is 382 g/mol. The molecule has 0 amide bonds. The predicted octanol–water partition coefficient (Wildman–Crippen LogP) is 4.14. The van der Waals surface area contributed by atoms with E-state index in [0.717, 1.165) is 16.0 Å². The first-order valence-corrected chi connectivity index (χ1v) is 10.6. The summed E-state index contributed by atoms with van der Waals surface area (Å²) in [6.45, 7) is 2.00. The number of thiophene rings is 1. The average molecular weight is 404 g/mol. The number of hydrogen-bond acceptors (Lipinski definition) is 5. The van der Waals surface area contributed by atoms with E-state index in [1.54, 1.807) is 12.1 Å². The summed E-state index contributed by atoms with van der Waals surface area (Å²) in [6, 6.07) is 15.8. The van der Waals surface area contributed by atoms with E-state index in [1.807, 2.05) is 48.7 Å². The number of aryl methyl sites for hydroxylation is 1. The van der Waals surface area contributed by atoms with Crippen LogP contribution in [0.4, 0.5) is 0 Å². The molecule has 2 aromatic carbocycles. The highest BCUT2D eigenvalue weighted by molar-refractivity contribution is 7.89. The van der Waals surface area contributed by atoms with Crippen molar-refractivity contribution in [2.24, 2.45) is 0 Å². The zero-order chi connectivity index (χ0) is 19.4. The van der Waals surface area contributed by atoms with Crippen molar-refractivity contribution in [3.05, 3.63) is 76.0 Å². The highest BCUT2D eigenvalue weighted by Gasteiger charge is 2.26. The Hall–Kier alpha value is -2.35. The van der Waals surface area contributed by atoms with E-state index in [-0.39, 0.29) is 10.6 Å². The van der Waals surface area contributed by atoms with Gasteiger partial charge in [0, 0.05) is 10.9 Å². The van der Waals surface area contributed by atoms with Crippen LogP contribution in [-0.2, 0) is 10.0 Å². The van der Waals surface area contributed by atoms with Crippen LogP contribution in [0.5, 0.6) is 11.5 Å². The molecular formula is C20H21NO4S2. The lowest BCUT2D eigenvalue weighted by Gasteiger charge is -2.20. The molecule has 3 aromatic rings. The predicted molar refractivity (Wildman–Crippen MR) is 107 cm³/mol. The van der Waals surface area contributed by atoms with Crippen LogP contribution < -0.4 is 14.2 Å². The van der Waals surface area contributed by atoms with E-state index in [4.69, 9.17) is 9.47 Å². The second-order valence-corrected chi connectivity index (χ2v) is 8.66. The second-order valence-electron chi connectivity index (χ2n) is 6.00. The van der Waals surface area contributed by atoms with Crippen LogP contribution in [0.15, 0.2) is 64.9 Å². The molecule has 5 nitrogen and oxygen atoms in total. The van der Waals surface area contributed by atoms with Gasteiger partial charge >= 0.3 is 0 Å². The van der Waals surface area contributed by atoms with Gasteiger partial charge in [-0.3, -0.25) is 0 Å². The van der Waals surface area contributed by atoms with Crippen LogP contribution in [0.3, 0.4) is 0 Å². The fourth-order valence-electron chi connectivity index (χ4n) is 2.72. The lowest BCUT2D eigenvalue weighted by Crippen LogP contribution is -2.29. The van der Waals surface area contributed by atoms with Crippen LogP contribution in [0, 0.1) is 6.92 Å². The van der Waals surface area contributed by atoms with E-state index in [1.165, 1.54) is 31.6 Å². The Kier molecular flexibility index (Phi) is 5.84. The first kappa shape index (κ1) is 19.4. The Balaban J connectivity index is 2.04. The number of benzene rings is 2. The molecule has 0 unspecified atom stereocenters. The quantitative estimate of drug-likeness (QED) is 0.644. The Labute approximate surface area is 163 Å². The third kappa shape index (κ3) is 4.32. The number of hydrogen-bond donors (Lipinski definition) is 1. The summed E-state index contributed by atoms with van der Waals surface area (Å²) in [7, 11) is -0.933. The maximum absolute atomic E-state index is 13.2. The third-order valence-electron chi connectivity index (χ3n) is 4.17. The van der Waals surface area contributed by atoms with Gasteiger partial charge in [0.15, 0.2) is 0 Å². The molecule has 7 heteroatoms. The normalized spacial score (nSPS) is 12.6. The van der Waals surface area contributed by atoms with Crippen molar-refractivity contribution in [2.45, 2.75) is 17.9 Å². The molecule has 0 bridgehead atoms. The summed E-state index contributed by atoms with van der Waals surface area (Å²) >= 11 is 1.50. The van der Waals surface area contributed by atoms with Gasteiger partial charge in [0.05, 0.1) is 20.3 Å². The molecule has 0 saturated heterocycles. The van der Waals surface area contributed by atoms with Gasteiger partial charge in [0.1, 0.15) is 16.4 Å². The third-order valence-corrected chi connectivity index (χ3v) is 6.55. The van der Waals surface area contributed by atoms with Gasteiger partial charge in [-0.05, 0) is 36.1 Å². The first-order valence-electron chi connectivity index (χ1n) is 8.29. The smallest absolute Gasteiger partial charge is 0.245 e. The fraction of sp³-hybridized carbons (Fsp3) is 0.200. The molecule has 1 heterocycles. The second kappa shape index (κ2) is 8.12. The molecule has 3 rings (SSSR count). The molecule has 0 spiro atoms. The van der Waals surface area contributed by atoms with Crippen molar-refractivity contribution in [3.63, 3.8) is 0 Å².